The van der Waals surface area contributed by atoms with Crippen LogP contribution in [0.15, 0.2) is 0 Å². The predicted octanol–water partition coefficient (Wildman–Crippen LogP) is -1.26. The van der Waals surface area contributed by atoms with Crippen LogP contribution in [0.4, 0.5) is 0 Å². The molecule has 0 saturated heterocycles. The van der Waals surface area contributed by atoms with Gasteiger partial charge in [-0.25, -0.2) is 0 Å². The average molecular weight is 268 g/mol. The summed E-state index contributed by atoms with van der Waals surface area (Å²) in [5.74, 6) is 0. The van der Waals surface area contributed by atoms with Gasteiger partial charge in [-0.15, -0.1) is 0 Å². The van der Waals surface area contributed by atoms with Gasteiger partial charge in [0.25, 0.3) is 0 Å². The topological polar surface area (TPSA) is 28.5 Å². The molecule has 0 aromatic heterocycles. The summed E-state index contributed by atoms with van der Waals surface area (Å²) in [6.07, 6.45) is 0. The van der Waals surface area contributed by atoms with Gasteiger partial charge in [-0.1, -0.05) is 0 Å². The van der Waals surface area contributed by atoms with E-state index in [9.17, 15) is 0 Å². The summed E-state index contributed by atoms with van der Waals surface area (Å²) in [5, 5.41) is 0. The fourth-order valence-electron chi connectivity index (χ4n) is 0. The van der Waals surface area contributed by atoms with E-state index in [0.29, 0.717) is 0 Å². The molecular formula is AlBaOSr+5. The molecule has 0 aromatic rings. The van der Waals surface area contributed by atoms with Gasteiger partial charge in [0.1, 0.15) is 0 Å². The van der Waals surface area contributed by atoms with Crippen molar-refractivity contribution in [3.63, 3.8) is 0 Å². The van der Waals surface area contributed by atoms with Crippen LogP contribution in [-0.4, -0.2) is 112 Å². The van der Waals surface area contributed by atoms with E-state index in [1.807, 2.05) is 0 Å². The van der Waals surface area contributed by atoms with Crippen LogP contribution < -0.4 is 0 Å². The maximum atomic E-state index is 0. The molecule has 0 atom stereocenters. The molecule has 0 heterocycles. The molecular weight excluding hydrogens is 268 g/mol. The van der Waals surface area contributed by atoms with Gasteiger partial charge in [-0.05, 0) is 0 Å². The van der Waals surface area contributed by atoms with E-state index in [0.717, 1.165) is 0 Å². The molecule has 0 fully saturated rings. The van der Waals surface area contributed by atoms with Crippen molar-refractivity contribution in [3.8, 4) is 0 Å². The summed E-state index contributed by atoms with van der Waals surface area (Å²) in [6.45, 7) is 0. The van der Waals surface area contributed by atoms with E-state index in [-0.39, 0.29) is 117 Å². The van der Waals surface area contributed by atoms with E-state index < -0.39 is 0 Å². The molecule has 0 radical (unpaired) electrons. The second-order valence-electron chi connectivity index (χ2n) is 0. The van der Waals surface area contributed by atoms with Gasteiger partial charge < -0.3 is 5.48 Å². The monoisotopic (exact) mass is 269 g/mol. The van der Waals surface area contributed by atoms with Crippen molar-refractivity contribution in [2.45, 2.75) is 0 Å². The zero-order valence-corrected chi connectivity index (χ0v) is 11.5. The molecule has 4 heteroatoms. The Morgan fingerprint density at radius 3 is 1.00 bits per heavy atom. The number of hydrogen-bond acceptors (Lipinski definition) is 0. The van der Waals surface area contributed by atoms with E-state index in [4.69, 9.17) is 0 Å². The third-order valence-electron chi connectivity index (χ3n) is 0. The Morgan fingerprint density at radius 2 is 1.00 bits per heavy atom. The van der Waals surface area contributed by atoms with Crippen LogP contribution >= 0.6 is 0 Å². The summed E-state index contributed by atoms with van der Waals surface area (Å²) in [6, 6.07) is 0. The van der Waals surface area contributed by atoms with Crippen LogP contribution in [0.5, 0.6) is 0 Å². The molecule has 0 rings (SSSR count). The average Bonchev–Trinajstić information content (AvgIpc) is 0. The van der Waals surface area contributed by atoms with Crippen molar-refractivity contribution in [2.75, 3.05) is 0 Å². The molecule has 0 spiro atoms. The van der Waals surface area contributed by atoms with E-state index in [1.54, 1.807) is 0 Å². The van der Waals surface area contributed by atoms with Gasteiger partial charge in [-0.3, -0.25) is 0 Å². The SMILES string of the molecule is [Al+3].[Ba+2].[O-2].[Sr+2]. The molecule has 0 aromatic carbocycles. The molecule has 0 aliphatic heterocycles. The van der Waals surface area contributed by atoms with Crippen molar-refractivity contribution in [1.29, 1.82) is 0 Å². The van der Waals surface area contributed by atoms with Crippen LogP contribution in [0, 0.1) is 0 Å². The molecule has 0 aliphatic carbocycles. The Bertz CT molecular complexity index is 8.00. The van der Waals surface area contributed by atoms with E-state index >= 15 is 0 Å². The summed E-state index contributed by atoms with van der Waals surface area (Å²) in [5.41, 5.74) is 0. The van der Waals surface area contributed by atoms with Gasteiger partial charge in [0.05, 0.1) is 0 Å². The molecule has 0 unspecified atom stereocenters. The van der Waals surface area contributed by atoms with Crippen LogP contribution in [0.3, 0.4) is 0 Å². The van der Waals surface area contributed by atoms with Gasteiger partial charge in [-0.2, -0.15) is 0 Å². The molecule has 0 aliphatic rings. The molecule has 4 heavy (non-hydrogen) atoms. The molecule has 0 N–H and O–H groups in total. The zero-order valence-electron chi connectivity index (χ0n) is 2.40. The Labute approximate surface area is 114 Å². The minimum absolute atomic E-state index is 0. The van der Waals surface area contributed by atoms with Crippen LogP contribution in [0.1, 0.15) is 0 Å². The maximum Gasteiger partial charge on any atom is 3.00 e. The number of rotatable bonds is 0. The Kier molecular flexibility index (Phi) is 103. The molecule has 1 nitrogen and oxygen atoms in total. The number of hydrogen-bond donors (Lipinski definition) is 0. The second-order valence-corrected chi connectivity index (χ2v) is 0. The van der Waals surface area contributed by atoms with Crippen molar-refractivity contribution in [3.05, 3.63) is 0 Å². The second kappa shape index (κ2) is 16.0. The van der Waals surface area contributed by atoms with Gasteiger partial charge >= 0.3 is 112 Å². The fourth-order valence-corrected chi connectivity index (χ4v) is 0. The van der Waals surface area contributed by atoms with Crippen LogP contribution in [0.25, 0.3) is 0 Å². The van der Waals surface area contributed by atoms with E-state index in [2.05, 4.69) is 0 Å². The molecule has 8 valence electrons. The van der Waals surface area contributed by atoms with Crippen molar-refractivity contribution in [2.24, 2.45) is 0 Å². The summed E-state index contributed by atoms with van der Waals surface area (Å²) >= 11 is 0. The van der Waals surface area contributed by atoms with Gasteiger partial charge in [0.2, 0.25) is 0 Å². The standard InChI is InChI=1S/Al.Ba.O.Sr/q+3;+2;-2;+2. The molecule has 0 bridgehead atoms. The summed E-state index contributed by atoms with van der Waals surface area (Å²) < 4.78 is 0. The first-order chi connectivity index (χ1) is 0. The minimum atomic E-state index is 0. The van der Waals surface area contributed by atoms with Crippen molar-refractivity contribution < 1.29 is 5.48 Å². The Hall–Kier alpha value is 3.54. The van der Waals surface area contributed by atoms with E-state index in [1.165, 1.54) is 0 Å². The first kappa shape index (κ1) is 25.7. The summed E-state index contributed by atoms with van der Waals surface area (Å²) in [4.78, 5) is 0. The minimum Gasteiger partial charge on any atom is -2.00 e. The third kappa shape index (κ3) is 9.11. The Balaban J connectivity index is 0. The zero-order chi connectivity index (χ0) is 0. The third-order valence-corrected chi connectivity index (χ3v) is 0. The maximum absolute atomic E-state index is 0. The van der Waals surface area contributed by atoms with Crippen molar-refractivity contribution >= 4 is 112 Å². The quantitative estimate of drug-likeness (QED) is 0.491. The molecule has 0 saturated carbocycles. The van der Waals surface area contributed by atoms with Gasteiger partial charge in [0.15, 0.2) is 0 Å². The fraction of sp³-hybridized carbons (Fsp3) is 0. The largest absolute Gasteiger partial charge is 3.00 e. The van der Waals surface area contributed by atoms with Crippen molar-refractivity contribution in [1.82, 2.24) is 0 Å². The normalized spacial score (nSPS) is 0. The van der Waals surface area contributed by atoms with Crippen LogP contribution in [0.2, 0.25) is 0 Å². The van der Waals surface area contributed by atoms with Crippen LogP contribution in [-0.2, 0) is 5.48 Å². The first-order valence-corrected chi connectivity index (χ1v) is 0. The first-order valence-electron chi connectivity index (χ1n) is 0. The van der Waals surface area contributed by atoms with Gasteiger partial charge in [0, 0.05) is 0 Å². The summed E-state index contributed by atoms with van der Waals surface area (Å²) in [7, 11) is 0. The Morgan fingerprint density at radius 1 is 1.00 bits per heavy atom. The smallest absolute Gasteiger partial charge is 2.00 e. The molecule has 0 amide bonds. The predicted molar refractivity (Wildman–Crippen MR) is 17.9 cm³/mol.